The van der Waals surface area contributed by atoms with E-state index in [1.54, 1.807) is 0 Å². The Bertz CT molecular complexity index is 121. The lowest BCUT2D eigenvalue weighted by atomic mass is 10.1. The second-order valence-corrected chi connectivity index (χ2v) is 2.70. The summed E-state index contributed by atoms with van der Waals surface area (Å²) in [5, 5.41) is 7.42. The summed E-state index contributed by atoms with van der Waals surface area (Å²) in [6.45, 7) is 1.08. The molecule has 3 nitrogen and oxygen atoms in total. The highest BCUT2D eigenvalue weighted by molar-refractivity contribution is 5.62. The molecule has 1 aliphatic rings. The van der Waals surface area contributed by atoms with Gasteiger partial charge in [0.05, 0.1) is 0 Å². The van der Waals surface area contributed by atoms with Crippen LogP contribution in [0.15, 0.2) is 0 Å². The largest absolute Gasteiger partial charge is 0.481 e. The van der Waals surface area contributed by atoms with Crippen molar-refractivity contribution in [3.63, 3.8) is 0 Å². The Morgan fingerprint density at radius 3 is 2.00 bits per heavy atom. The van der Waals surface area contributed by atoms with Crippen molar-refractivity contribution in [1.82, 2.24) is 0 Å². The molecule has 0 aromatic carbocycles. The van der Waals surface area contributed by atoms with Crippen LogP contribution in [0.3, 0.4) is 0 Å². The first-order chi connectivity index (χ1) is 5.16. The molecule has 0 saturated heterocycles. The first-order valence-electron chi connectivity index (χ1n) is 3.81. The molecule has 1 rings (SSSR count). The standard InChI is InChI=1S/C6H10O.C2H4O2/c7-5-6-3-1-2-4-6;1-2(3)4/h5-6H,1-4H2;1H3,(H,3,4). The molecule has 1 fully saturated rings. The number of rotatable bonds is 1. The van der Waals surface area contributed by atoms with Crippen LogP contribution >= 0.6 is 0 Å². The van der Waals surface area contributed by atoms with Crippen molar-refractivity contribution in [3.05, 3.63) is 0 Å². The molecule has 11 heavy (non-hydrogen) atoms. The quantitative estimate of drug-likeness (QED) is 0.588. The number of carbonyl (C=O) groups is 2. The molecule has 1 aliphatic carbocycles. The Labute approximate surface area is 66.4 Å². The number of carboxylic acid groups (broad SMARTS) is 1. The molecule has 0 aromatic heterocycles. The average Bonchev–Trinajstić information content (AvgIpc) is 2.36. The molecule has 64 valence electrons. The van der Waals surface area contributed by atoms with Gasteiger partial charge < -0.3 is 9.90 Å². The number of hydrogen-bond donors (Lipinski definition) is 1. The van der Waals surface area contributed by atoms with Crippen molar-refractivity contribution in [2.24, 2.45) is 5.92 Å². The normalized spacial score (nSPS) is 16.8. The van der Waals surface area contributed by atoms with E-state index in [0.717, 1.165) is 26.1 Å². The highest BCUT2D eigenvalue weighted by Gasteiger charge is 2.12. The third kappa shape index (κ3) is 7.03. The fraction of sp³-hybridized carbons (Fsp3) is 0.750. The van der Waals surface area contributed by atoms with Crippen molar-refractivity contribution in [3.8, 4) is 0 Å². The Morgan fingerprint density at radius 1 is 1.45 bits per heavy atom. The lowest BCUT2D eigenvalue weighted by molar-refractivity contribution is -0.134. The van der Waals surface area contributed by atoms with Crippen LogP contribution in [0, 0.1) is 5.92 Å². The predicted molar refractivity (Wildman–Crippen MR) is 41.3 cm³/mol. The van der Waals surface area contributed by atoms with Gasteiger partial charge in [0.15, 0.2) is 0 Å². The van der Waals surface area contributed by atoms with Gasteiger partial charge in [-0.3, -0.25) is 4.79 Å². The minimum atomic E-state index is -0.833. The maximum atomic E-state index is 10.0. The van der Waals surface area contributed by atoms with Crippen molar-refractivity contribution in [1.29, 1.82) is 0 Å². The second kappa shape index (κ2) is 5.89. The molecule has 0 unspecified atom stereocenters. The molecule has 0 atom stereocenters. The Hall–Kier alpha value is -0.860. The molecular formula is C8H14O3. The van der Waals surface area contributed by atoms with Gasteiger partial charge in [-0.2, -0.15) is 0 Å². The van der Waals surface area contributed by atoms with Gasteiger partial charge in [0.25, 0.3) is 5.97 Å². The van der Waals surface area contributed by atoms with Crippen LogP contribution in [0.2, 0.25) is 0 Å². The molecule has 0 amide bonds. The van der Waals surface area contributed by atoms with E-state index in [-0.39, 0.29) is 0 Å². The molecule has 0 radical (unpaired) electrons. The van der Waals surface area contributed by atoms with Crippen molar-refractivity contribution in [2.75, 3.05) is 0 Å². The molecule has 0 spiro atoms. The number of hydrogen-bond acceptors (Lipinski definition) is 2. The monoisotopic (exact) mass is 158 g/mol. The summed E-state index contributed by atoms with van der Waals surface area (Å²) in [6.07, 6.45) is 5.91. The smallest absolute Gasteiger partial charge is 0.300 e. The van der Waals surface area contributed by atoms with Gasteiger partial charge in [-0.25, -0.2) is 0 Å². The fourth-order valence-corrected chi connectivity index (χ4v) is 1.09. The van der Waals surface area contributed by atoms with E-state index in [2.05, 4.69) is 0 Å². The summed E-state index contributed by atoms with van der Waals surface area (Å²) in [5.74, 6) is -0.417. The van der Waals surface area contributed by atoms with E-state index in [9.17, 15) is 4.79 Å². The molecule has 1 saturated carbocycles. The molecule has 0 heterocycles. The van der Waals surface area contributed by atoms with Gasteiger partial charge in [-0.1, -0.05) is 12.8 Å². The van der Waals surface area contributed by atoms with Gasteiger partial charge in [0, 0.05) is 12.8 Å². The lowest BCUT2D eigenvalue weighted by Crippen LogP contribution is -1.91. The van der Waals surface area contributed by atoms with E-state index < -0.39 is 5.97 Å². The van der Waals surface area contributed by atoms with Crippen LogP contribution in [0.5, 0.6) is 0 Å². The summed E-state index contributed by atoms with van der Waals surface area (Å²) in [6, 6.07) is 0. The SMILES string of the molecule is CC(=O)O.O=CC1CCCC1. The third-order valence-electron chi connectivity index (χ3n) is 1.59. The van der Waals surface area contributed by atoms with E-state index in [1.807, 2.05) is 0 Å². The summed E-state index contributed by atoms with van der Waals surface area (Å²) in [4.78, 5) is 19.0. The zero-order chi connectivity index (χ0) is 8.69. The second-order valence-electron chi connectivity index (χ2n) is 2.70. The summed E-state index contributed by atoms with van der Waals surface area (Å²) in [7, 11) is 0. The first kappa shape index (κ1) is 10.1. The Balaban J connectivity index is 0.000000218. The van der Waals surface area contributed by atoms with Gasteiger partial charge in [-0.05, 0) is 12.8 Å². The third-order valence-corrected chi connectivity index (χ3v) is 1.59. The van der Waals surface area contributed by atoms with Gasteiger partial charge >= 0.3 is 0 Å². The van der Waals surface area contributed by atoms with E-state index in [0.29, 0.717) is 5.92 Å². The highest BCUT2D eigenvalue weighted by atomic mass is 16.4. The Kier molecular flexibility index (Phi) is 5.43. The van der Waals surface area contributed by atoms with Crippen molar-refractivity contribution >= 4 is 12.3 Å². The van der Waals surface area contributed by atoms with Crippen LogP contribution < -0.4 is 0 Å². The lowest BCUT2D eigenvalue weighted by Gasteiger charge is -1.90. The molecule has 0 aromatic rings. The van der Waals surface area contributed by atoms with E-state index in [4.69, 9.17) is 9.90 Å². The predicted octanol–water partition coefficient (Wildman–Crippen LogP) is 1.47. The molecule has 0 bridgehead atoms. The van der Waals surface area contributed by atoms with Crippen molar-refractivity contribution < 1.29 is 14.7 Å². The van der Waals surface area contributed by atoms with Crippen LogP contribution in [0.25, 0.3) is 0 Å². The number of aliphatic carboxylic acids is 1. The number of aldehydes is 1. The molecular weight excluding hydrogens is 144 g/mol. The minimum absolute atomic E-state index is 0.417. The fourth-order valence-electron chi connectivity index (χ4n) is 1.09. The summed E-state index contributed by atoms with van der Waals surface area (Å²) < 4.78 is 0. The van der Waals surface area contributed by atoms with Gasteiger partial charge in [-0.15, -0.1) is 0 Å². The summed E-state index contributed by atoms with van der Waals surface area (Å²) >= 11 is 0. The van der Waals surface area contributed by atoms with Gasteiger partial charge in [0.1, 0.15) is 6.29 Å². The van der Waals surface area contributed by atoms with Crippen LogP contribution in [0.1, 0.15) is 32.6 Å². The maximum Gasteiger partial charge on any atom is 0.300 e. The maximum absolute atomic E-state index is 10.0. The molecule has 1 N–H and O–H groups in total. The molecule has 0 aliphatic heterocycles. The zero-order valence-electron chi connectivity index (χ0n) is 6.75. The average molecular weight is 158 g/mol. The minimum Gasteiger partial charge on any atom is -0.481 e. The summed E-state index contributed by atoms with van der Waals surface area (Å²) in [5.41, 5.74) is 0. The van der Waals surface area contributed by atoms with Crippen LogP contribution in [-0.2, 0) is 9.59 Å². The van der Waals surface area contributed by atoms with Crippen LogP contribution in [0.4, 0.5) is 0 Å². The molecule has 3 heteroatoms. The van der Waals surface area contributed by atoms with Crippen LogP contribution in [-0.4, -0.2) is 17.4 Å². The zero-order valence-corrected chi connectivity index (χ0v) is 6.75. The number of carboxylic acids is 1. The van der Waals surface area contributed by atoms with Gasteiger partial charge in [0.2, 0.25) is 0 Å². The van der Waals surface area contributed by atoms with E-state index in [1.165, 1.54) is 12.8 Å². The Morgan fingerprint density at radius 2 is 1.82 bits per heavy atom. The first-order valence-corrected chi connectivity index (χ1v) is 3.81. The van der Waals surface area contributed by atoms with Crippen molar-refractivity contribution in [2.45, 2.75) is 32.6 Å². The topological polar surface area (TPSA) is 54.4 Å². The van der Waals surface area contributed by atoms with E-state index >= 15 is 0 Å². The number of carbonyl (C=O) groups excluding carboxylic acids is 1. The highest BCUT2D eigenvalue weighted by Crippen LogP contribution is 2.21.